The third kappa shape index (κ3) is 3.00. The molecule has 0 saturated carbocycles. The van der Waals surface area contributed by atoms with Crippen LogP contribution in [0.3, 0.4) is 0 Å². The Morgan fingerprint density at radius 2 is 1.85 bits per heavy atom. The Labute approximate surface area is 116 Å². The molecule has 0 bridgehead atoms. The van der Waals surface area contributed by atoms with Gasteiger partial charge in [-0.25, -0.2) is 0 Å². The smallest absolute Gasteiger partial charge is 0.267 e. The van der Waals surface area contributed by atoms with E-state index in [1.807, 2.05) is 32.0 Å². The van der Waals surface area contributed by atoms with Crippen molar-refractivity contribution in [2.45, 2.75) is 13.8 Å². The molecular formula is C15H15N3O2. The molecule has 0 aliphatic carbocycles. The van der Waals surface area contributed by atoms with Crippen molar-refractivity contribution in [2.75, 3.05) is 5.32 Å². The van der Waals surface area contributed by atoms with E-state index in [-0.39, 0.29) is 11.6 Å². The maximum atomic E-state index is 12.0. The quantitative estimate of drug-likeness (QED) is 0.894. The van der Waals surface area contributed by atoms with Gasteiger partial charge in [-0.1, -0.05) is 6.07 Å². The highest BCUT2D eigenvalue weighted by Gasteiger charge is 2.09. The molecule has 0 radical (unpaired) electrons. The van der Waals surface area contributed by atoms with E-state index < -0.39 is 5.91 Å². The number of aryl methyl sites for hydroxylation is 2. The van der Waals surface area contributed by atoms with E-state index in [9.17, 15) is 9.59 Å². The molecule has 20 heavy (non-hydrogen) atoms. The average molecular weight is 269 g/mol. The maximum Gasteiger partial charge on any atom is 0.267 e. The molecule has 1 aromatic carbocycles. The lowest BCUT2D eigenvalue weighted by atomic mass is 10.1. The first-order valence-electron chi connectivity index (χ1n) is 6.12. The number of rotatable bonds is 3. The third-order valence-electron chi connectivity index (χ3n) is 3.04. The largest absolute Gasteiger partial charge is 0.364 e. The van der Waals surface area contributed by atoms with Gasteiger partial charge in [0.15, 0.2) is 0 Å². The van der Waals surface area contributed by atoms with Gasteiger partial charge < -0.3 is 11.1 Å². The van der Waals surface area contributed by atoms with Crippen LogP contribution in [0.4, 0.5) is 5.69 Å². The standard InChI is InChI=1S/C15H15N3O2/c1-9-3-5-12(7-10(9)2)18-15(20)11-4-6-13(14(16)19)17-8-11/h3-8H,1-2H3,(H2,16,19)(H,18,20). The average Bonchev–Trinajstić information content (AvgIpc) is 2.43. The van der Waals surface area contributed by atoms with Crippen LogP contribution in [0.1, 0.15) is 32.0 Å². The fourth-order valence-corrected chi connectivity index (χ4v) is 1.70. The predicted molar refractivity (Wildman–Crippen MR) is 76.6 cm³/mol. The summed E-state index contributed by atoms with van der Waals surface area (Å²) >= 11 is 0. The lowest BCUT2D eigenvalue weighted by molar-refractivity contribution is 0.0990. The number of nitrogens with zero attached hydrogens (tertiary/aromatic N) is 1. The molecule has 0 atom stereocenters. The first-order valence-corrected chi connectivity index (χ1v) is 6.12. The SMILES string of the molecule is Cc1ccc(NC(=O)c2ccc(C(N)=O)nc2)cc1C. The van der Waals surface area contributed by atoms with Crippen molar-refractivity contribution in [2.24, 2.45) is 5.73 Å². The molecule has 2 rings (SSSR count). The van der Waals surface area contributed by atoms with Crippen molar-refractivity contribution in [3.8, 4) is 0 Å². The molecule has 2 amide bonds. The molecule has 5 nitrogen and oxygen atoms in total. The molecule has 1 heterocycles. The van der Waals surface area contributed by atoms with Gasteiger partial charge in [-0.05, 0) is 49.2 Å². The number of carbonyl (C=O) groups is 2. The zero-order chi connectivity index (χ0) is 14.7. The van der Waals surface area contributed by atoms with Gasteiger partial charge in [0.1, 0.15) is 5.69 Å². The first-order chi connectivity index (χ1) is 9.47. The van der Waals surface area contributed by atoms with Gasteiger partial charge in [-0.15, -0.1) is 0 Å². The van der Waals surface area contributed by atoms with Gasteiger partial charge in [0, 0.05) is 11.9 Å². The number of anilines is 1. The lowest BCUT2D eigenvalue weighted by Gasteiger charge is -2.07. The van der Waals surface area contributed by atoms with Crippen molar-refractivity contribution in [3.63, 3.8) is 0 Å². The van der Waals surface area contributed by atoms with Crippen LogP contribution >= 0.6 is 0 Å². The predicted octanol–water partition coefficient (Wildman–Crippen LogP) is 2.05. The summed E-state index contributed by atoms with van der Waals surface area (Å²) in [5.74, 6) is -0.900. The minimum absolute atomic E-state index is 0.132. The van der Waals surface area contributed by atoms with E-state index in [4.69, 9.17) is 5.73 Å². The molecule has 2 aromatic rings. The Bertz CT molecular complexity index is 663. The Balaban J connectivity index is 2.15. The summed E-state index contributed by atoms with van der Waals surface area (Å²) in [5.41, 5.74) is 8.58. The highest BCUT2D eigenvalue weighted by atomic mass is 16.2. The van der Waals surface area contributed by atoms with Crippen LogP contribution in [-0.2, 0) is 0 Å². The molecule has 5 heteroatoms. The van der Waals surface area contributed by atoms with Crippen molar-refractivity contribution < 1.29 is 9.59 Å². The Hall–Kier alpha value is -2.69. The molecule has 0 aliphatic heterocycles. The topological polar surface area (TPSA) is 85.1 Å². The van der Waals surface area contributed by atoms with E-state index in [2.05, 4.69) is 10.3 Å². The van der Waals surface area contributed by atoms with E-state index >= 15 is 0 Å². The summed E-state index contributed by atoms with van der Waals surface area (Å²) in [6, 6.07) is 8.63. The number of primary amides is 1. The van der Waals surface area contributed by atoms with Crippen LogP contribution in [0.2, 0.25) is 0 Å². The fourth-order valence-electron chi connectivity index (χ4n) is 1.70. The molecule has 1 aromatic heterocycles. The van der Waals surface area contributed by atoms with Crippen LogP contribution in [0.5, 0.6) is 0 Å². The summed E-state index contributed by atoms with van der Waals surface area (Å²) < 4.78 is 0. The number of benzene rings is 1. The Morgan fingerprint density at radius 3 is 2.40 bits per heavy atom. The van der Waals surface area contributed by atoms with Gasteiger partial charge in [-0.3, -0.25) is 14.6 Å². The number of hydrogen-bond acceptors (Lipinski definition) is 3. The van der Waals surface area contributed by atoms with Crippen molar-refractivity contribution in [3.05, 3.63) is 58.9 Å². The highest BCUT2D eigenvalue weighted by molar-refractivity contribution is 6.04. The van der Waals surface area contributed by atoms with Gasteiger partial charge in [0.05, 0.1) is 5.56 Å². The molecule has 0 saturated heterocycles. The molecule has 0 unspecified atom stereocenters. The summed E-state index contributed by atoms with van der Waals surface area (Å²) in [6.07, 6.45) is 1.33. The van der Waals surface area contributed by atoms with Gasteiger partial charge in [0.25, 0.3) is 11.8 Å². The van der Waals surface area contributed by atoms with Crippen LogP contribution < -0.4 is 11.1 Å². The normalized spacial score (nSPS) is 10.1. The van der Waals surface area contributed by atoms with Crippen LogP contribution in [0.25, 0.3) is 0 Å². The van der Waals surface area contributed by atoms with Crippen LogP contribution in [0.15, 0.2) is 36.5 Å². The summed E-state index contributed by atoms with van der Waals surface area (Å²) in [6.45, 7) is 3.99. The minimum atomic E-state index is -0.619. The number of pyridine rings is 1. The number of carbonyl (C=O) groups excluding carboxylic acids is 2. The van der Waals surface area contributed by atoms with Crippen molar-refractivity contribution >= 4 is 17.5 Å². The lowest BCUT2D eigenvalue weighted by Crippen LogP contribution is -2.15. The molecule has 3 N–H and O–H groups in total. The second kappa shape index (κ2) is 5.52. The van der Waals surface area contributed by atoms with E-state index in [0.29, 0.717) is 5.56 Å². The molecular weight excluding hydrogens is 254 g/mol. The van der Waals surface area contributed by atoms with Crippen LogP contribution in [0, 0.1) is 13.8 Å². The van der Waals surface area contributed by atoms with Crippen molar-refractivity contribution in [1.82, 2.24) is 4.98 Å². The number of hydrogen-bond donors (Lipinski definition) is 2. The zero-order valence-electron chi connectivity index (χ0n) is 11.3. The van der Waals surface area contributed by atoms with Gasteiger partial charge in [0.2, 0.25) is 0 Å². The fraction of sp³-hybridized carbons (Fsp3) is 0.133. The monoisotopic (exact) mass is 269 g/mol. The number of nitrogens with two attached hydrogens (primary N) is 1. The molecule has 102 valence electrons. The second-order valence-electron chi connectivity index (χ2n) is 4.55. The zero-order valence-corrected chi connectivity index (χ0v) is 11.3. The molecule has 0 fully saturated rings. The van der Waals surface area contributed by atoms with E-state index in [0.717, 1.165) is 16.8 Å². The van der Waals surface area contributed by atoms with E-state index in [1.54, 1.807) is 0 Å². The van der Waals surface area contributed by atoms with Crippen molar-refractivity contribution in [1.29, 1.82) is 0 Å². The number of amides is 2. The Kier molecular flexibility index (Phi) is 3.79. The summed E-state index contributed by atoms with van der Waals surface area (Å²) in [7, 11) is 0. The summed E-state index contributed by atoms with van der Waals surface area (Å²) in [4.78, 5) is 26.8. The van der Waals surface area contributed by atoms with E-state index in [1.165, 1.54) is 18.3 Å². The second-order valence-corrected chi connectivity index (χ2v) is 4.55. The number of aromatic nitrogens is 1. The Morgan fingerprint density at radius 1 is 1.10 bits per heavy atom. The van der Waals surface area contributed by atoms with Gasteiger partial charge >= 0.3 is 0 Å². The van der Waals surface area contributed by atoms with Crippen LogP contribution in [-0.4, -0.2) is 16.8 Å². The highest BCUT2D eigenvalue weighted by Crippen LogP contribution is 2.15. The molecule has 0 aliphatic rings. The summed E-state index contributed by atoms with van der Waals surface area (Å²) in [5, 5.41) is 2.78. The first kappa shape index (κ1) is 13.7. The van der Waals surface area contributed by atoms with Gasteiger partial charge in [-0.2, -0.15) is 0 Å². The minimum Gasteiger partial charge on any atom is -0.364 e. The maximum absolute atomic E-state index is 12.0. The number of nitrogens with one attached hydrogen (secondary N) is 1. The molecule has 0 spiro atoms. The third-order valence-corrected chi connectivity index (χ3v) is 3.04.